The number of hydrogen-bond donors (Lipinski definition) is 0. The van der Waals surface area contributed by atoms with E-state index in [1.54, 1.807) is 17.9 Å². The average Bonchev–Trinajstić information content (AvgIpc) is 2.99. The van der Waals surface area contributed by atoms with Crippen molar-refractivity contribution in [2.24, 2.45) is 0 Å². The summed E-state index contributed by atoms with van der Waals surface area (Å²) in [6.45, 7) is 3.12. The van der Waals surface area contributed by atoms with E-state index >= 15 is 0 Å². The fourth-order valence-corrected chi connectivity index (χ4v) is 3.85. The van der Waals surface area contributed by atoms with Gasteiger partial charge in [0.25, 0.3) is 5.56 Å². The molecule has 0 aliphatic rings. The van der Waals surface area contributed by atoms with Gasteiger partial charge < -0.3 is 14.4 Å². The first-order valence-electron chi connectivity index (χ1n) is 9.72. The van der Waals surface area contributed by atoms with E-state index in [9.17, 15) is 23.2 Å². The molecule has 1 aromatic heterocycles. The molecular formula is C21H24F2N2O5S. The van der Waals surface area contributed by atoms with Crippen LogP contribution in [-0.2, 0) is 20.9 Å². The van der Waals surface area contributed by atoms with Crippen molar-refractivity contribution in [3.05, 3.63) is 49.4 Å². The standard InChI is InChI=1S/C21H24F2N2O5S/c1-4-24(5-2)17(26)13-25-18(12-19(27)29-6-3)31-16(20(25)28)11-14-9-7-8-10-15(14)30-21(22)23/h7-12,21H,4-6,13H2,1-3H3/b16-11-,18-12-. The smallest absolute Gasteiger partial charge is 0.387 e. The average molecular weight is 454 g/mol. The van der Waals surface area contributed by atoms with Gasteiger partial charge in [-0.3, -0.25) is 14.2 Å². The third-order valence-corrected chi connectivity index (χ3v) is 5.36. The number of hydrogen-bond acceptors (Lipinski definition) is 6. The Balaban J connectivity index is 2.62. The molecule has 0 saturated carbocycles. The van der Waals surface area contributed by atoms with Crippen molar-refractivity contribution in [1.82, 2.24) is 9.47 Å². The monoisotopic (exact) mass is 454 g/mol. The highest BCUT2D eigenvalue weighted by Gasteiger charge is 2.15. The number of carbonyl (C=O) groups excluding carboxylic acids is 2. The summed E-state index contributed by atoms with van der Waals surface area (Å²) in [5.74, 6) is -1.02. The van der Waals surface area contributed by atoms with Crippen LogP contribution in [0.25, 0.3) is 12.2 Å². The highest BCUT2D eigenvalue weighted by molar-refractivity contribution is 7.07. The lowest BCUT2D eigenvalue weighted by Crippen LogP contribution is -2.40. The Bertz CT molecular complexity index is 1090. The van der Waals surface area contributed by atoms with Crippen LogP contribution in [0.2, 0.25) is 0 Å². The summed E-state index contributed by atoms with van der Waals surface area (Å²) in [6.07, 6.45) is 2.54. The molecular weight excluding hydrogens is 430 g/mol. The Morgan fingerprint density at radius 3 is 2.48 bits per heavy atom. The van der Waals surface area contributed by atoms with Crippen molar-refractivity contribution in [3.63, 3.8) is 0 Å². The summed E-state index contributed by atoms with van der Waals surface area (Å²) < 4.78 is 36.4. The largest absolute Gasteiger partial charge is 0.463 e. The van der Waals surface area contributed by atoms with Crippen LogP contribution in [0, 0.1) is 0 Å². The van der Waals surface area contributed by atoms with Gasteiger partial charge in [0.2, 0.25) is 5.91 Å². The second kappa shape index (κ2) is 11.4. The predicted molar refractivity (Wildman–Crippen MR) is 113 cm³/mol. The van der Waals surface area contributed by atoms with E-state index < -0.39 is 18.1 Å². The highest BCUT2D eigenvalue weighted by atomic mass is 32.1. The highest BCUT2D eigenvalue weighted by Crippen LogP contribution is 2.20. The van der Waals surface area contributed by atoms with Crippen LogP contribution in [0.3, 0.4) is 0 Å². The number of nitrogens with zero attached hydrogens (tertiary/aromatic N) is 2. The quantitative estimate of drug-likeness (QED) is 0.538. The normalized spacial score (nSPS) is 12.3. The van der Waals surface area contributed by atoms with Gasteiger partial charge in [0.1, 0.15) is 17.0 Å². The lowest BCUT2D eigenvalue weighted by atomic mass is 10.2. The van der Waals surface area contributed by atoms with Gasteiger partial charge in [-0.25, -0.2) is 4.79 Å². The fraction of sp³-hybridized carbons (Fsp3) is 0.381. The van der Waals surface area contributed by atoms with Gasteiger partial charge in [0.05, 0.1) is 17.2 Å². The third kappa shape index (κ3) is 6.48. The molecule has 0 aliphatic heterocycles. The predicted octanol–water partition coefficient (Wildman–Crippen LogP) is 1.55. The molecule has 0 saturated heterocycles. The molecule has 1 heterocycles. The molecule has 0 spiro atoms. The second-order valence-electron chi connectivity index (χ2n) is 6.22. The number of ether oxygens (including phenoxy) is 2. The van der Waals surface area contributed by atoms with Gasteiger partial charge in [0, 0.05) is 18.7 Å². The molecule has 2 aromatic rings. The number of benzene rings is 1. The van der Waals surface area contributed by atoms with Crippen LogP contribution in [0.5, 0.6) is 5.75 Å². The van der Waals surface area contributed by atoms with E-state index in [0.29, 0.717) is 13.1 Å². The number of carbonyl (C=O) groups is 2. The Hall–Kier alpha value is -3.01. The van der Waals surface area contributed by atoms with Gasteiger partial charge in [-0.05, 0) is 32.9 Å². The number of alkyl halides is 2. The summed E-state index contributed by atoms with van der Waals surface area (Å²) in [4.78, 5) is 39.1. The molecule has 7 nitrogen and oxygen atoms in total. The SMILES string of the molecule is CCOC(=O)/C=c1\s/c(=C\c2ccccc2OC(F)F)c(=O)n1CC(=O)N(CC)CC. The number of amides is 1. The molecule has 2 rings (SSSR count). The lowest BCUT2D eigenvalue weighted by molar-refractivity contribution is -0.135. The maximum absolute atomic E-state index is 13.0. The van der Waals surface area contributed by atoms with Crippen molar-refractivity contribution in [1.29, 1.82) is 0 Å². The number of likely N-dealkylation sites (N-methyl/N-ethyl adjacent to an activating group) is 1. The molecule has 0 atom stereocenters. The zero-order chi connectivity index (χ0) is 23.0. The van der Waals surface area contributed by atoms with E-state index in [1.165, 1.54) is 28.8 Å². The summed E-state index contributed by atoms with van der Waals surface area (Å²) in [5.41, 5.74) is -0.251. The first-order valence-corrected chi connectivity index (χ1v) is 10.5. The zero-order valence-electron chi connectivity index (χ0n) is 17.5. The molecule has 10 heteroatoms. The molecule has 0 unspecified atom stereocenters. The number of rotatable bonds is 9. The third-order valence-electron chi connectivity index (χ3n) is 4.30. The van der Waals surface area contributed by atoms with Gasteiger partial charge in [0.15, 0.2) is 0 Å². The number of halogens is 2. The molecule has 1 aromatic carbocycles. The Labute approximate surface area is 181 Å². The van der Waals surface area contributed by atoms with Crippen LogP contribution in [0.1, 0.15) is 26.3 Å². The molecule has 0 bridgehead atoms. The topological polar surface area (TPSA) is 77.8 Å². The number of esters is 1. The first-order chi connectivity index (χ1) is 14.8. The Kier molecular flexibility index (Phi) is 8.92. The lowest BCUT2D eigenvalue weighted by Gasteiger charge is -2.18. The maximum Gasteiger partial charge on any atom is 0.387 e. The van der Waals surface area contributed by atoms with Crippen LogP contribution in [0.4, 0.5) is 8.78 Å². The van der Waals surface area contributed by atoms with E-state index in [4.69, 9.17) is 4.74 Å². The zero-order valence-corrected chi connectivity index (χ0v) is 18.3. The van der Waals surface area contributed by atoms with Crippen molar-refractivity contribution >= 4 is 35.4 Å². The molecule has 31 heavy (non-hydrogen) atoms. The second-order valence-corrected chi connectivity index (χ2v) is 7.28. The molecule has 0 aliphatic carbocycles. The van der Waals surface area contributed by atoms with Gasteiger partial charge in [-0.2, -0.15) is 8.78 Å². The minimum Gasteiger partial charge on any atom is -0.463 e. The summed E-state index contributed by atoms with van der Waals surface area (Å²) in [7, 11) is 0. The summed E-state index contributed by atoms with van der Waals surface area (Å²) in [5, 5.41) is 0. The molecule has 0 N–H and O–H groups in total. The van der Waals surface area contributed by atoms with Crippen molar-refractivity contribution in [3.8, 4) is 5.75 Å². The van der Waals surface area contributed by atoms with Crippen molar-refractivity contribution in [2.75, 3.05) is 19.7 Å². The van der Waals surface area contributed by atoms with Crippen LogP contribution in [-0.4, -0.2) is 47.7 Å². The maximum atomic E-state index is 13.0. The Morgan fingerprint density at radius 2 is 1.87 bits per heavy atom. The number of para-hydroxylation sites is 1. The minimum absolute atomic E-state index is 0.0908. The van der Waals surface area contributed by atoms with Crippen LogP contribution < -0.4 is 19.5 Å². The van der Waals surface area contributed by atoms with Crippen LogP contribution in [0.15, 0.2) is 29.1 Å². The van der Waals surface area contributed by atoms with E-state index in [1.807, 2.05) is 13.8 Å². The van der Waals surface area contributed by atoms with E-state index in [0.717, 1.165) is 17.4 Å². The minimum atomic E-state index is -3.02. The van der Waals surface area contributed by atoms with Crippen molar-refractivity contribution < 1.29 is 27.8 Å². The van der Waals surface area contributed by atoms with E-state index in [-0.39, 0.29) is 39.6 Å². The number of aromatic nitrogens is 1. The summed E-state index contributed by atoms with van der Waals surface area (Å²) >= 11 is 0.956. The first kappa shape index (κ1) is 24.3. The summed E-state index contributed by atoms with van der Waals surface area (Å²) in [6, 6.07) is 6.03. The number of thiazole rings is 1. The van der Waals surface area contributed by atoms with Gasteiger partial charge in [-0.1, -0.05) is 18.2 Å². The Morgan fingerprint density at radius 1 is 1.19 bits per heavy atom. The fourth-order valence-electron chi connectivity index (χ4n) is 2.83. The van der Waals surface area contributed by atoms with Crippen LogP contribution >= 0.6 is 11.3 Å². The van der Waals surface area contributed by atoms with Gasteiger partial charge in [-0.15, -0.1) is 11.3 Å². The molecule has 0 radical (unpaired) electrons. The molecule has 0 fully saturated rings. The van der Waals surface area contributed by atoms with Crippen molar-refractivity contribution in [2.45, 2.75) is 33.9 Å². The van der Waals surface area contributed by atoms with Gasteiger partial charge >= 0.3 is 12.6 Å². The van der Waals surface area contributed by atoms with E-state index in [2.05, 4.69) is 4.74 Å². The molecule has 168 valence electrons. The molecule has 1 amide bonds.